The van der Waals surface area contributed by atoms with Gasteiger partial charge in [-0.2, -0.15) is 0 Å². The van der Waals surface area contributed by atoms with Crippen LogP contribution in [-0.2, 0) is 4.57 Å². The van der Waals surface area contributed by atoms with E-state index in [1.807, 2.05) is 6.92 Å². The van der Waals surface area contributed by atoms with Crippen LogP contribution in [0.4, 0.5) is 0 Å². The van der Waals surface area contributed by atoms with Crippen LogP contribution < -0.4 is 11.5 Å². The third-order valence-corrected chi connectivity index (χ3v) is 6.03. The molecule has 0 radical (unpaired) electrons. The smallest absolute Gasteiger partial charge is 0.0875 e. The molecule has 0 fully saturated rings. The number of rotatable bonds is 9. The summed E-state index contributed by atoms with van der Waals surface area (Å²) in [5.41, 5.74) is 10.8. The first kappa shape index (κ1) is 14.2. The highest BCUT2D eigenvalue weighted by atomic mass is 31.2. The Kier molecular flexibility index (Phi) is 8.55. The zero-order chi connectivity index (χ0) is 10.9. The molecular weight excluding hydrogens is 195 g/mol. The molecule has 0 bridgehead atoms. The average molecular weight is 220 g/mol. The van der Waals surface area contributed by atoms with Crippen LogP contribution in [0.2, 0.25) is 0 Å². The van der Waals surface area contributed by atoms with E-state index in [1.54, 1.807) is 0 Å². The topological polar surface area (TPSA) is 69.1 Å². The Bertz CT molecular complexity index is 160. The maximum Gasteiger partial charge on any atom is 0.0875 e. The molecule has 14 heavy (non-hydrogen) atoms. The van der Waals surface area contributed by atoms with E-state index >= 15 is 0 Å². The molecule has 4 N–H and O–H groups in total. The highest BCUT2D eigenvalue weighted by Gasteiger charge is 2.17. The molecule has 0 aliphatic heterocycles. The molecule has 0 heterocycles. The largest absolute Gasteiger partial charge is 0.330 e. The van der Waals surface area contributed by atoms with Gasteiger partial charge in [-0.1, -0.05) is 6.92 Å². The van der Waals surface area contributed by atoms with Crippen molar-refractivity contribution in [3.05, 3.63) is 0 Å². The van der Waals surface area contributed by atoms with Crippen molar-refractivity contribution in [2.24, 2.45) is 11.5 Å². The van der Waals surface area contributed by atoms with E-state index in [9.17, 15) is 4.57 Å². The van der Waals surface area contributed by atoms with Gasteiger partial charge in [-0.25, -0.2) is 0 Å². The monoisotopic (exact) mass is 220 g/mol. The van der Waals surface area contributed by atoms with Crippen LogP contribution in [0.5, 0.6) is 0 Å². The molecule has 0 rings (SSSR count). The summed E-state index contributed by atoms with van der Waals surface area (Å²) in [6.45, 7) is 3.46. The van der Waals surface area contributed by atoms with E-state index in [4.69, 9.17) is 11.5 Å². The lowest BCUT2D eigenvalue weighted by molar-refractivity contribution is 0.569. The highest BCUT2D eigenvalue weighted by Crippen LogP contribution is 2.46. The average Bonchev–Trinajstić information content (AvgIpc) is 2.19. The van der Waals surface area contributed by atoms with Crippen molar-refractivity contribution in [3.63, 3.8) is 0 Å². The lowest BCUT2D eigenvalue weighted by Crippen LogP contribution is -2.05. The quantitative estimate of drug-likeness (QED) is 0.460. The fourth-order valence-electron chi connectivity index (χ4n) is 1.52. The van der Waals surface area contributed by atoms with Crippen LogP contribution in [0.1, 0.15) is 32.6 Å². The molecular formula is C10H25N2OP. The number of nitrogens with two attached hydrogens (primary N) is 2. The Labute approximate surface area is 88.0 Å². The van der Waals surface area contributed by atoms with Crippen LogP contribution in [0, 0.1) is 0 Å². The van der Waals surface area contributed by atoms with Crippen molar-refractivity contribution in [2.45, 2.75) is 32.6 Å². The predicted octanol–water partition coefficient (Wildman–Crippen LogP) is 1.85. The predicted molar refractivity (Wildman–Crippen MR) is 64.5 cm³/mol. The van der Waals surface area contributed by atoms with Gasteiger partial charge in [-0.3, -0.25) is 0 Å². The molecule has 0 unspecified atom stereocenters. The first-order valence-corrected chi connectivity index (χ1v) is 7.92. The van der Waals surface area contributed by atoms with Gasteiger partial charge in [0.25, 0.3) is 0 Å². The molecule has 0 aromatic rings. The van der Waals surface area contributed by atoms with Gasteiger partial charge in [0.15, 0.2) is 0 Å². The number of hydrogen-bond acceptors (Lipinski definition) is 3. The van der Waals surface area contributed by atoms with Gasteiger partial charge in [0.05, 0.1) is 7.14 Å². The van der Waals surface area contributed by atoms with E-state index in [1.165, 1.54) is 0 Å². The summed E-state index contributed by atoms with van der Waals surface area (Å²) >= 11 is 0. The summed E-state index contributed by atoms with van der Waals surface area (Å²) in [4.78, 5) is 0. The zero-order valence-electron chi connectivity index (χ0n) is 9.37. The second-order valence-electron chi connectivity index (χ2n) is 3.81. The van der Waals surface area contributed by atoms with Crippen LogP contribution >= 0.6 is 7.14 Å². The SMILES string of the molecule is CCP(=O)(CCCCN)CCCCN. The Balaban J connectivity index is 3.74. The molecule has 0 saturated carbocycles. The molecule has 86 valence electrons. The van der Waals surface area contributed by atoms with Gasteiger partial charge in [0, 0.05) is 12.3 Å². The van der Waals surface area contributed by atoms with Crippen LogP contribution in [0.15, 0.2) is 0 Å². The second kappa shape index (κ2) is 8.46. The molecule has 0 atom stereocenters. The molecule has 3 nitrogen and oxygen atoms in total. The van der Waals surface area contributed by atoms with Crippen molar-refractivity contribution in [1.82, 2.24) is 0 Å². The summed E-state index contributed by atoms with van der Waals surface area (Å²) in [7, 11) is -1.87. The molecule has 0 aromatic carbocycles. The molecule has 4 heteroatoms. The molecule has 0 spiro atoms. The summed E-state index contributed by atoms with van der Waals surface area (Å²) in [6, 6.07) is 0. The fourth-order valence-corrected chi connectivity index (χ4v) is 3.97. The lowest BCUT2D eigenvalue weighted by Gasteiger charge is -2.15. The Morgan fingerprint density at radius 3 is 1.64 bits per heavy atom. The van der Waals surface area contributed by atoms with E-state index in [-0.39, 0.29) is 0 Å². The number of unbranched alkanes of at least 4 members (excludes halogenated alkanes) is 2. The van der Waals surface area contributed by atoms with Crippen LogP contribution in [-0.4, -0.2) is 31.6 Å². The maximum absolute atomic E-state index is 12.2. The third kappa shape index (κ3) is 6.58. The lowest BCUT2D eigenvalue weighted by atomic mass is 10.3. The van der Waals surface area contributed by atoms with Gasteiger partial charge >= 0.3 is 0 Å². The molecule has 0 aliphatic carbocycles. The Hall–Kier alpha value is 0.150. The van der Waals surface area contributed by atoms with Crippen molar-refractivity contribution < 1.29 is 4.57 Å². The van der Waals surface area contributed by atoms with E-state index in [0.717, 1.165) is 44.2 Å². The summed E-state index contributed by atoms with van der Waals surface area (Å²) in [5.74, 6) is 0. The van der Waals surface area contributed by atoms with Crippen molar-refractivity contribution in [1.29, 1.82) is 0 Å². The standard InChI is InChI=1S/C10H25N2OP/c1-2-14(13,9-5-3-7-11)10-6-4-8-12/h2-12H2,1H3. The minimum absolute atomic E-state index is 0.715. The summed E-state index contributed by atoms with van der Waals surface area (Å²) in [6.07, 6.45) is 6.63. The van der Waals surface area contributed by atoms with E-state index < -0.39 is 7.14 Å². The summed E-state index contributed by atoms with van der Waals surface area (Å²) in [5, 5.41) is 0. The Morgan fingerprint density at radius 2 is 1.36 bits per heavy atom. The van der Waals surface area contributed by atoms with Gasteiger partial charge in [-0.05, 0) is 44.9 Å². The maximum atomic E-state index is 12.2. The third-order valence-electron chi connectivity index (χ3n) is 2.62. The zero-order valence-corrected chi connectivity index (χ0v) is 10.3. The first-order chi connectivity index (χ1) is 6.68. The summed E-state index contributed by atoms with van der Waals surface area (Å²) < 4.78 is 12.2. The van der Waals surface area contributed by atoms with Crippen molar-refractivity contribution in [2.75, 3.05) is 31.6 Å². The number of hydrogen-bond donors (Lipinski definition) is 2. The van der Waals surface area contributed by atoms with E-state index in [2.05, 4.69) is 0 Å². The van der Waals surface area contributed by atoms with E-state index in [0.29, 0.717) is 13.1 Å². The van der Waals surface area contributed by atoms with Gasteiger partial charge in [0.2, 0.25) is 0 Å². The van der Waals surface area contributed by atoms with Crippen molar-refractivity contribution >= 4 is 7.14 Å². The highest BCUT2D eigenvalue weighted by molar-refractivity contribution is 7.63. The minimum atomic E-state index is -1.87. The van der Waals surface area contributed by atoms with Gasteiger partial charge in [-0.15, -0.1) is 0 Å². The second-order valence-corrected chi connectivity index (χ2v) is 7.46. The minimum Gasteiger partial charge on any atom is -0.330 e. The Morgan fingerprint density at radius 1 is 0.929 bits per heavy atom. The van der Waals surface area contributed by atoms with Gasteiger partial charge < -0.3 is 16.0 Å². The molecule has 0 amide bonds. The van der Waals surface area contributed by atoms with Crippen LogP contribution in [0.25, 0.3) is 0 Å². The van der Waals surface area contributed by atoms with Gasteiger partial charge in [0.1, 0.15) is 0 Å². The fraction of sp³-hybridized carbons (Fsp3) is 1.00. The molecule has 0 aromatic heterocycles. The molecule has 0 saturated heterocycles. The normalized spacial score (nSPS) is 11.9. The first-order valence-electron chi connectivity index (χ1n) is 5.65. The van der Waals surface area contributed by atoms with Crippen LogP contribution in [0.3, 0.4) is 0 Å². The molecule has 0 aliphatic rings. The van der Waals surface area contributed by atoms with Crippen molar-refractivity contribution in [3.8, 4) is 0 Å².